The third kappa shape index (κ3) is 2.38. The van der Waals surface area contributed by atoms with E-state index in [4.69, 9.17) is 14.7 Å². The van der Waals surface area contributed by atoms with Crippen LogP contribution in [0, 0.1) is 18.3 Å². The van der Waals surface area contributed by atoms with Crippen LogP contribution in [0.1, 0.15) is 11.3 Å². The van der Waals surface area contributed by atoms with Crippen molar-refractivity contribution < 1.29 is 9.47 Å². The molecule has 0 spiro atoms. The number of hydrogen-bond donors (Lipinski definition) is 1. The zero-order valence-corrected chi connectivity index (χ0v) is 13.2. The summed E-state index contributed by atoms with van der Waals surface area (Å²) in [5.74, 6) is 1.52. The first kappa shape index (κ1) is 14.3. The molecule has 2 heterocycles. The second-order valence-corrected chi connectivity index (χ2v) is 5.62. The number of rotatable bonds is 2. The standard InChI is InChI=1S/C19H15N3O2/c1-12-18(15-6-7-16-17(10-15)24-9-8-23-16)19(22-21-12)14-4-2-13(11-20)3-5-14/h2-7,10H,8-9H2,1H3,(H,21,22). The molecule has 5 nitrogen and oxygen atoms in total. The Kier molecular flexibility index (Phi) is 3.43. The Balaban J connectivity index is 1.81. The van der Waals surface area contributed by atoms with E-state index in [1.807, 2.05) is 37.3 Å². The normalized spacial score (nSPS) is 12.7. The minimum Gasteiger partial charge on any atom is -0.486 e. The zero-order chi connectivity index (χ0) is 16.5. The van der Waals surface area contributed by atoms with Crippen molar-refractivity contribution in [1.82, 2.24) is 10.2 Å². The number of nitrogens with one attached hydrogen (secondary N) is 1. The van der Waals surface area contributed by atoms with Crippen molar-refractivity contribution in [2.75, 3.05) is 13.2 Å². The average molecular weight is 317 g/mol. The van der Waals surface area contributed by atoms with Crippen LogP contribution in [0.5, 0.6) is 11.5 Å². The fourth-order valence-electron chi connectivity index (χ4n) is 2.89. The van der Waals surface area contributed by atoms with E-state index in [1.54, 1.807) is 12.1 Å². The lowest BCUT2D eigenvalue weighted by Gasteiger charge is -2.19. The molecule has 4 rings (SSSR count). The number of nitrogens with zero attached hydrogens (tertiary/aromatic N) is 2. The fourth-order valence-corrected chi connectivity index (χ4v) is 2.89. The Labute approximate surface area is 139 Å². The number of hydrogen-bond acceptors (Lipinski definition) is 4. The Bertz CT molecular complexity index is 936. The number of aromatic nitrogens is 2. The van der Waals surface area contributed by atoms with Gasteiger partial charge in [0.15, 0.2) is 11.5 Å². The van der Waals surface area contributed by atoms with Gasteiger partial charge in [-0.25, -0.2) is 0 Å². The number of fused-ring (bicyclic) bond motifs is 1. The first-order chi connectivity index (χ1) is 11.8. The van der Waals surface area contributed by atoms with Gasteiger partial charge in [0.1, 0.15) is 18.9 Å². The van der Waals surface area contributed by atoms with Crippen molar-refractivity contribution in [3.05, 3.63) is 53.7 Å². The highest BCUT2D eigenvalue weighted by Crippen LogP contribution is 2.38. The molecule has 2 aromatic carbocycles. The molecule has 0 saturated heterocycles. The highest BCUT2D eigenvalue weighted by atomic mass is 16.6. The van der Waals surface area contributed by atoms with Gasteiger partial charge in [0, 0.05) is 16.8 Å². The van der Waals surface area contributed by atoms with Gasteiger partial charge in [-0.05, 0) is 36.8 Å². The topological polar surface area (TPSA) is 70.9 Å². The maximum Gasteiger partial charge on any atom is 0.161 e. The Morgan fingerprint density at radius 3 is 2.46 bits per heavy atom. The van der Waals surface area contributed by atoms with Crippen molar-refractivity contribution in [3.8, 4) is 40.0 Å². The third-order valence-electron chi connectivity index (χ3n) is 4.07. The van der Waals surface area contributed by atoms with Crippen LogP contribution in [0.25, 0.3) is 22.4 Å². The van der Waals surface area contributed by atoms with Crippen LogP contribution in [0.4, 0.5) is 0 Å². The Hall–Kier alpha value is -3.26. The van der Waals surface area contributed by atoms with Crippen molar-refractivity contribution in [2.45, 2.75) is 6.92 Å². The molecular weight excluding hydrogens is 302 g/mol. The van der Waals surface area contributed by atoms with E-state index in [0.717, 1.165) is 39.6 Å². The van der Waals surface area contributed by atoms with Gasteiger partial charge in [0.05, 0.1) is 11.6 Å². The number of H-pyrrole nitrogens is 1. The third-order valence-corrected chi connectivity index (χ3v) is 4.07. The number of benzene rings is 2. The van der Waals surface area contributed by atoms with Crippen LogP contribution in [0.2, 0.25) is 0 Å². The van der Waals surface area contributed by atoms with Gasteiger partial charge >= 0.3 is 0 Å². The molecular formula is C19H15N3O2. The summed E-state index contributed by atoms with van der Waals surface area (Å²) in [6.45, 7) is 3.13. The SMILES string of the molecule is Cc1[nH]nc(-c2ccc(C#N)cc2)c1-c1ccc2c(c1)OCCO2. The summed E-state index contributed by atoms with van der Waals surface area (Å²) in [6, 6.07) is 15.5. The number of aryl methyl sites for hydroxylation is 1. The summed E-state index contributed by atoms with van der Waals surface area (Å²) in [6.07, 6.45) is 0. The quantitative estimate of drug-likeness (QED) is 0.782. The first-order valence-corrected chi connectivity index (χ1v) is 7.72. The smallest absolute Gasteiger partial charge is 0.161 e. The van der Waals surface area contributed by atoms with Crippen LogP contribution in [0.15, 0.2) is 42.5 Å². The largest absolute Gasteiger partial charge is 0.486 e. The highest BCUT2D eigenvalue weighted by molar-refractivity contribution is 5.83. The van der Waals surface area contributed by atoms with Gasteiger partial charge < -0.3 is 9.47 Å². The van der Waals surface area contributed by atoms with Gasteiger partial charge in [-0.2, -0.15) is 10.4 Å². The van der Waals surface area contributed by atoms with Crippen molar-refractivity contribution >= 4 is 0 Å². The zero-order valence-electron chi connectivity index (χ0n) is 13.2. The number of nitriles is 1. The predicted molar refractivity (Wildman–Crippen MR) is 89.9 cm³/mol. The first-order valence-electron chi connectivity index (χ1n) is 7.72. The summed E-state index contributed by atoms with van der Waals surface area (Å²) < 4.78 is 11.3. The molecule has 5 heteroatoms. The van der Waals surface area contributed by atoms with Gasteiger partial charge in [-0.15, -0.1) is 0 Å². The molecule has 1 aromatic heterocycles. The molecule has 1 aliphatic heterocycles. The fraction of sp³-hybridized carbons (Fsp3) is 0.158. The van der Waals surface area contributed by atoms with Crippen molar-refractivity contribution in [3.63, 3.8) is 0 Å². The maximum absolute atomic E-state index is 8.95. The van der Waals surface area contributed by atoms with Gasteiger partial charge in [-0.1, -0.05) is 18.2 Å². The summed E-state index contributed by atoms with van der Waals surface area (Å²) in [5.41, 5.74) is 5.47. The highest BCUT2D eigenvalue weighted by Gasteiger charge is 2.18. The lowest BCUT2D eigenvalue weighted by molar-refractivity contribution is 0.171. The molecule has 0 fully saturated rings. The molecule has 0 unspecified atom stereocenters. The van der Waals surface area contributed by atoms with Crippen LogP contribution >= 0.6 is 0 Å². The molecule has 0 atom stereocenters. The van der Waals surface area contributed by atoms with E-state index in [-0.39, 0.29) is 0 Å². The molecule has 0 saturated carbocycles. The maximum atomic E-state index is 8.95. The van der Waals surface area contributed by atoms with Gasteiger partial charge in [0.2, 0.25) is 0 Å². The van der Waals surface area contributed by atoms with Crippen LogP contribution in [0.3, 0.4) is 0 Å². The summed E-state index contributed by atoms with van der Waals surface area (Å²) in [7, 11) is 0. The minimum absolute atomic E-state index is 0.559. The van der Waals surface area contributed by atoms with Crippen molar-refractivity contribution in [1.29, 1.82) is 5.26 Å². The van der Waals surface area contributed by atoms with Gasteiger partial charge in [-0.3, -0.25) is 5.10 Å². The van der Waals surface area contributed by atoms with E-state index in [0.29, 0.717) is 18.8 Å². The van der Waals surface area contributed by atoms with Crippen LogP contribution in [-0.4, -0.2) is 23.4 Å². The van der Waals surface area contributed by atoms with E-state index >= 15 is 0 Å². The lowest BCUT2D eigenvalue weighted by atomic mass is 9.98. The summed E-state index contributed by atoms with van der Waals surface area (Å²) >= 11 is 0. The van der Waals surface area contributed by atoms with E-state index in [2.05, 4.69) is 16.3 Å². The number of aromatic amines is 1. The second kappa shape index (κ2) is 5.74. The van der Waals surface area contributed by atoms with E-state index in [1.165, 1.54) is 0 Å². The minimum atomic E-state index is 0.559. The summed E-state index contributed by atoms with van der Waals surface area (Å²) in [4.78, 5) is 0. The van der Waals surface area contributed by atoms with Crippen LogP contribution < -0.4 is 9.47 Å². The molecule has 0 aliphatic carbocycles. The molecule has 0 amide bonds. The summed E-state index contributed by atoms with van der Waals surface area (Å²) in [5, 5.41) is 16.5. The van der Waals surface area contributed by atoms with Crippen LogP contribution in [-0.2, 0) is 0 Å². The van der Waals surface area contributed by atoms with Gasteiger partial charge in [0.25, 0.3) is 0 Å². The Morgan fingerprint density at radius 2 is 1.71 bits per heavy atom. The molecule has 3 aromatic rings. The predicted octanol–water partition coefficient (Wildman–Crippen LogP) is 3.70. The van der Waals surface area contributed by atoms with E-state index < -0.39 is 0 Å². The average Bonchev–Trinajstić information content (AvgIpc) is 3.03. The monoisotopic (exact) mass is 317 g/mol. The Morgan fingerprint density at radius 1 is 1.00 bits per heavy atom. The second-order valence-electron chi connectivity index (χ2n) is 5.62. The molecule has 118 valence electrons. The number of ether oxygens (including phenoxy) is 2. The molecule has 1 N–H and O–H groups in total. The molecule has 24 heavy (non-hydrogen) atoms. The lowest BCUT2D eigenvalue weighted by Crippen LogP contribution is -2.15. The molecule has 0 radical (unpaired) electrons. The van der Waals surface area contributed by atoms with E-state index in [9.17, 15) is 0 Å². The van der Waals surface area contributed by atoms with Crippen molar-refractivity contribution in [2.24, 2.45) is 0 Å². The molecule has 0 bridgehead atoms. The molecule has 1 aliphatic rings.